The lowest BCUT2D eigenvalue weighted by Gasteiger charge is -2.35. The van der Waals surface area contributed by atoms with Crippen molar-refractivity contribution in [1.82, 2.24) is 0 Å². The Bertz CT molecular complexity index is 3060. The van der Waals surface area contributed by atoms with E-state index in [1.807, 2.05) is 0 Å². The number of benzene rings is 8. The van der Waals surface area contributed by atoms with Crippen LogP contribution in [0.15, 0.2) is 194 Å². The molecule has 0 aliphatic heterocycles. The van der Waals surface area contributed by atoms with Crippen LogP contribution >= 0.6 is 0 Å². The van der Waals surface area contributed by atoms with E-state index in [0.717, 1.165) is 18.5 Å². The van der Waals surface area contributed by atoms with Crippen molar-refractivity contribution in [2.75, 3.05) is 4.90 Å². The Morgan fingerprint density at radius 2 is 1.11 bits per heavy atom. The quantitative estimate of drug-likeness (QED) is 0.147. The van der Waals surface area contributed by atoms with E-state index in [0.29, 0.717) is 5.92 Å². The molecule has 1 nitrogen and oxygen atoms in total. The van der Waals surface area contributed by atoms with Gasteiger partial charge in [0, 0.05) is 16.8 Å². The molecule has 0 unspecified atom stereocenters. The molecule has 0 spiro atoms. The molecule has 0 bridgehead atoms. The molecule has 0 aromatic heterocycles. The largest absolute Gasteiger partial charge is 0.309 e. The topological polar surface area (TPSA) is 3.24 Å². The Morgan fingerprint density at radius 1 is 0.500 bits per heavy atom. The van der Waals surface area contributed by atoms with E-state index < -0.39 is 5.41 Å². The van der Waals surface area contributed by atoms with Crippen LogP contribution in [0.4, 0.5) is 17.1 Å². The van der Waals surface area contributed by atoms with E-state index >= 15 is 0 Å². The van der Waals surface area contributed by atoms with Crippen LogP contribution in [0.3, 0.4) is 0 Å². The van der Waals surface area contributed by atoms with Gasteiger partial charge in [-0.05, 0) is 127 Å². The molecule has 0 heterocycles. The van der Waals surface area contributed by atoms with Crippen molar-refractivity contribution in [3.8, 4) is 22.3 Å². The number of anilines is 3. The molecule has 0 N–H and O–H groups in total. The number of nitrogens with zero attached hydrogens (tertiary/aromatic N) is 1. The Labute approximate surface area is 380 Å². The molecular formula is C63H57N. The summed E-state index contributed by atoms with van der Waals surface area (Å²) in [5.41, 5.74) is 19.0. The smallest absolute Gasteiger partial charge is 0.0713 e. The lowest BCUT2D eigenvalue weighted by atomic mass is 9.67. The van der Waals surface area contributed by atoms with E-state index in [9.17, 15) is 0 Å². The van der Waals surface area contributed by atoms with E-state index in [1.54, 1.807) is 5.56 Å². The third-order valence-electron chi connectivity index (χ3n) is 14.6. The number of hydrogen-bond acceptors (Lipinski definition) is 1. The standard InChI is InChI=1S/C63H57N/c1-62(2,3)49-39-42-51(44-21-7-4-8-22-44)60(43-49)64(59-36-18-15-31-55(59)56-33-20-26-46-25-19-32-52(61(46)56)45-23-9-5-10-24-45)50-40-37-48(38-41-50)63(47-27-11-6-12-28-47)57-34-16-13-29-53(57)54-30-14-17-35-58(54)63/h4,6-8,11-19,21-22,25-32,34-43,45H,5,9-10,20,23-24,33H2,1-3H3. The summed E-state index contributed by atoms with van der Waals surface area (Å²) in [4.78, 5) is 2.59. The molecule has 8 aromatic rings. The van der Waals surface area contributed by atoms with Crippen LogP contribution in [0.1, 0.15) is 111 Å². The Hall–Kier alpha value is -6.70. The van der Waals surface area contributed by atoms with Gasteiger partial charge in [0.05, 0.1) is 16.8 Å². The van der Waals surface area contributed by atoms with Gasteiger partial charge in [0.15, 0.2) is 0 Å². The van der Waals surface area contributed by atoms with Gasteiger partial charge in [-0.3, -0.25) is 0 Å². The molecule has 3 aliphatic carbocycles. The lowest BCUT2D eigenvalue weighted by molar-refractivity contribution is 0.442. The highest BCUT2D eigenvalue weighted by atomic mass is 15.1. The SMILES string of the molecule is CC(C)(C)c1ccc(-c2ccccc2)c(N(c2ccc(C3(c4ccccc4)c4ccccc4-c4ccccc43)cc2)c2ccccc2C2=c3c(C4CCCCC4)cccc3=CCC2)c1. The zero-order chi connectivity index (χ0) is 43.3. The van der Waals surface area contributed by atoms with Gasteiger partial charge in [-0.1, -0.05) is 216 Å². The van der Waals surface area contributed by atoms with Crippen molar-refractivity contribution in [2.24, 2.45) is 0 Å². The number of fused-ring (bicyclic) bond motifs is 4. The molecule has 1 saturated carbocycles. The fraction of sp³-hybridized carbons (Fsp3) is 0.206. The van der Waals surface area contributed by atoms with Gasteiger partial charge >= 0.3 is 0 Å². The van der Waals surface area contributed by atoms with Crippen LogP contribution in [0.5, 0.6) is 0 Å². The summed E-state index contributed by atoms with van der Waals surface area (Å²) in [7, 11) is 0. The maximum Gasteiger partial charge on any atom is 0.0713 e. The van der Waals surface area contributed by atoms with E-state index in [-0.39, 0.29) is 5.41 Å². The van der Waals surface area contributed by atoms with Crippen molar-refractivity contribution >= 4 is 28.7 Å². The maximum atomic E-state index is 2.59. The number of hydrogen-bond donors (Lipinski definition) is 0. The maximum absolute atomic E-state index is 2.59. The first-order valence-electron chi connectivity index (χ1n) is 23.7. The lowest BCUT2D eigenvalue weighted by Crippen LogP contribution is -2.35. The molecule has 0 saturated heterocycles. The highest BCUT2D eigenvalue weighted by molar-refractivity contribution is 5.93. The number of para-hydroxylation sites is 1. The fourth-order valence-corrected chi connectivity index (χ4v) is 11.6. The third kappa shape index (κ3) is 6.76. The van der Waals surface area contributed by atoms with Gasteiger partial charge in [-0.2, -0.15) is 0 Å². The van der Waals surface area contributed by atoms with Gasteiger partial charge in [0.25, 0.3) is 0 Å². The zero-order valence-electron chi connectivity index (χ0n) is 37.5. The van der Waals surface area contributed by atoms with Crippen LogP contribution in [-0.2, 0) is 10.8 Å². The van der Waals surface area contributed by atoms with Crippen molar-refractivity contribution in [2.45, 2.75) is 82.5 Å². The van der Waals surface area contributed by atoms with Crippen molar-refractivity contribution < 1.29 is 0 Å². The molecular weight excluding hydrogens is 771 g/mol. The Kier molecular flexibility index (Phi) is 10.3. The minimum Gasteiger partial charge on any atom is -0.309 e. The average Bonchev–Trinajstić information content (AvgIpc) is 3.66. The summed E-state index contributed by atoms with van der Waals surface area (Å²) in [5.74, 6) is 0.608. The Balaban J connectivity index is 1.18. The van der Waals surface area contributed by atoms with E-state index in [4.69, 9.17) is 0 Å². The first kappa shape index (κ1) is 40.1. The molecule has 3 aliphatic rings. The molecule has 1 fully saturated rings. The summed E-state index contributed by atoms with van der Waals surface area (Å²) in [6.45, 7) is 7.00. The van der Waals surface area contributed by atoms with Crippen LogP contribution < -0.4 is 15.3 Å². The molecule has 314 valence electrons. The van der Waals surface area contributed by atoms with Gasteiger partial charge < -0.3 is 4.90 Å². The fourth-order valence-electron chi connectivity index (χ4n) is 11.6. The second kappa shape index (κ2) is 16.5. The van der Waals surface area contributed by atoms with Gasteiger partial charge in [-0.15, -0.1) is 0 Å². The van der Waals surface area contributed by atoms with Gasteiger partial charge in [-0.25, -0.2) is 0 Å². The molecule has 0 radical (unpaired) electrons. The van der Waals surface area contributed by atoms with Crippen molar-refractivity contribution in [1.29, 1.82) is 0 Å². The second-order valence-corrected chi connectivity index (χ2v) is 19.3. The summed E-state index contributed by atoms with van der Waals surface area (Å²) >= 11 is 0. The first-order chi connectivity index (χ1) is 31.4. The zero-order valence-corrected chi connectivity index (χ0v) is 37.5. The first-order valence-corrected chi connectivity index (χ1v) is 23.7. The highest BCUT2D eigenvalue weighted by Gasteiger charge is 2.46. The predicted octanol–water partition coefficient (Wildman–Crippen LogP) is 15.3. The Morgan fingerprint density at radius 3 is 1.80 bits per heavy atom. The van der Waals surface area contributed by atoms with E-state index in [2.05, 4.69) is 226 Å². The summed E-state index contributed by atoms with van der Waals surface area (Å²) in [6.07, 6.45) is 11.1. The monoisotopic (exact) mass is 827 g/mol. The summed E-state index contributed by atoms with van der Waals surface area (Å²) < 4.78 is 0. The number of rotatable bonds is 8. The minimum atomic E-state index is -0.468. The highest BCUT2D eigenvalue weighted by Crippen LogP contribution is 2.56. The molecule has 1 heteroatoms. The summed E-state index contributed by atoms with van der Waals surface area (Å²) in [5, 5.41) is 2.89. The molecule has 11 rings (SSSR count). The third-order valence-corrected chi connectivity index (χ3v) is 14.6. The summed E-state index contributed by atoms with van der Waals surface area (Å²) in [6, 6.07) is 73.5. The van der Waals surface area contributed by atoms with E-state index in [1.165, 1.54) is 115 Å². The molecule has 64 heavy (non-hydrogen) atoms. The normalized spacial score (nSPS) is 15.5. The van der Waals surface area contributed by atoms with Crippen LogP contribution in [0.2, 0.25) is 0 Å². The van der Waals surface area contributed by atoms with Crippen LogP contribution in [0.25, 0.3) is 33.9 Å². The van der Waals surface area contributed by atoms with Crippen molar-refractivity contribution in [3.05, 3.63) is 244 Å². The molecule has 0 atom stereocenters. The average molecular weight is 828 g/mol. The predicted molar refractivity (Wildman–Crippen MR) is 270 cm³/mol. The molecule has 0 amide bonds. The van der Waals surface area contributed by atoms with Crippen LogP contribution in [0, 0.1) is 0 Å². The minimum absolute atomic E-state index is 0.0495. The van der Waals surface area contributed by atoms with Gasteiger partial charge in [0.2, 0.25) is 0 Å². The second-order valence-electron chi connectivity index (χ2n) is 19.3. The molecule has 8 aromatic carbocycles. The van der Waals surface area contributed by atoms with Gasteiger partial charge in [0.1, 0.15) is 0 Å². The van der Waals surface area contributed by atoms with Crippen LogP contribution in [-0.4, -0.2) is 0 Å². The van der Waals surface area contributed by atoms with Crippen molar-refractivity contribution in [3.63, 3.8) is 0 Å².